The largest absolute Gasteiger partial charge is 0.465 e. The molecule has 2 aromatic rings. The van der Waals surface area contributed by atoms with Crippen molar-refractivity contribution in [2.24, 2.45) is 0 Å². The Labute approximate surface area is 170 Å². The van der Waals surface area contributed by atoms with E-state index in [-0.39, 0.29) is 0 Å². The van der Waals surface area contributed by atoms with Gasteiger partial charge in [0.15, 0.2) is 11.5 Å². The van der Waals surface area contributed by atoms with Gasteiger partial charge < -0.3 is 14.8 Å². The molecule has 0 amide bonds. The highest BCUT2D eigenvalue weighted by Crippen LogP contribution is 2.27. The van der Waals surface area contributed by atoms with E-state index < -0.39 is 0 Å². The van der Waals surface area contributed by atoms with Crippen molar-refractivity contribution < 1.29 is 9.47 Å². The molecule has 6 nitrogen and oxygen atoms in total. The maximum atomic E-state index is 6.14. The number of aromatic nitrogens is 2. The summed E-state index contributed by atoms with van der Waals surface area (Å²) in [5.41, 5.74) is 3.41. The summed E-state index contributed by atoms with van der Waals surface area (Å²) in [5.74, 6) is 1.71. The molecule has 150 valence electrons. The lowest BCUT2D eigenvalue weighted by atomic mass is 10.0. The third-order valence-electron chi connectivity index (χ3n) is 5.64. The van der Waals surface area contributed by atoms with Gasteiger partial charge in [-0.25, -0.2) is 0 Å². The number of allylic oxidation sites excluding steroid dienone is 4. The minimum absolute atomic E-state index is 0.416. The number of ether oxygens (including phenoxy) is 2. The van der Waals surface area contributed by atoms with Crippen LogP contribution in [0.1, 0.15) is 25.7 Å². The van der Waals surface area contributed by atoms with Gasteiger partial charge in [-0.3, -0.25) is 10.00 Å². The van der Waals surface area contributed by atoms with Crippen LogP contribution in [0, 0.1) is 0 Å². The van der Waals surface area contributed by atoms with Gasteiger partial charge in [0.1, 0.15) is 12.5 Å². The highest BCUT2D eigenvalue weighted by molar-refractivity contribution is 5.81. The summed E-state index contributed by atoms with van der Waals surface area (Å²) in [7, 11) is 0. The van der Waals surface area contributed by atoms with Crippen molar-refractivity contribution in [1.29, 1.82) is 0 Å². The first kappa shape index (κ1) is 18.1. The molecular weight excluding hydrogens is 364 g/mol. The molecule has 1 aromatic carbocycles. The summed E-state index contributed by atoms with van der Waals surface area (Å²) >= 11 is 0. The van der Waals surface area contributed by atoms with E-state index in [0.29, 0.717) is 6.04 Å². The van der Waals surface area contributed by atoms with Crippen molar-refractivity contribution in [3.8, 4) is 0 Å². The minimum atomic E-state index is 0.416. The second-order valence-electron chi connectivity index (χ2n) is 7.85. The molecule has 1 atom stereocenters. The van der Waals surface area contributed by atoms with Crippen LogP contribution in [-0.2, 0) is 9.47 Å². The molecule has 2 aliphatic heterocycles. The fourth-order valence-corrected chi connectivity index (χ4v) is 4.19. The van der Waals surface area contributed by atoms with Crippen LogP contribution in [0.5, 0.6) is 0 Å². The number of aromatic amines is 1. The van der Waals surface area contributed by atoms with Gasteiger partial charge in [-0.15, -0.1) is 0 Å². The molecule has 0 radical (unpaired) electrons. The van der Waals surface area contributed by atoms with Crippen LogP contribution in [0.3, 0.4) is 0 Å². The van der Waals surface area contributed by atoms with Gasteiger partial charge in [-0.05, 0) is 56.0 Å². The molecule has 0 bridgehead atoms. The van der Waals surface area contributed by atoms with Crippen molar-refractivity contribution in [3.05, 3.63) is 72.2 Å². The zero-order valence-corrected chi connectivity index (χ0v) is 16.4. The van der Waals surface area contributed by atoms with E-state index in [1.165, 1.54) is 18.4 Å². The van der Waals surface area contributed by atoms with E-state index in [0.717, 1.165) is 60.6 Å². The average Bonchev–Trinajstić information content (AvgIpc) is 3.23. The molecule has 1 unspecified atom stereocenters. The van der Waals surface area contributed by atoms with Crippen LogP contribution in [0.15, 0.2) is 72.2 Å². The van der Waals surface area contributed by atoms with E-state index >= 15 is 0 Å². The van der Waals surface area contributed by atoms with Crippen LogP contribution >= 0.6 is 0 Å². The highest BCUT2D eigenvalue weighted by Gasteiger charge is 2.23. The summed E-state index contributed by atoms with van der Waals surface area (Å²) in [6.45, 7) is 2.82. The molecule has 29 heavy (non-hydrogen) atoms. The highest BCUT2D eigenvalue weighted by atomic mass is 16.5. The van der Waals surface area contributed by atoms with Crippen molar-refractivity contribution in [2.45, 2.75) is 31.7 Å². The Kier molecular flexibility index (Phi) is 5.09. The summed E-state index contributed by atoms with van der Waals surface area (Å²) in [6, 6.07) is 6.76. The summed E-state index contributed by atoms with van der Waals surface area (Å²) < 4.78 is 11.7. The van der Waals surface area contributed by atoms with E-state index in [2.05, 4.69) is 56.8 Å². The third-order valence-corrected chi connectivity index (χ3v) is 5.64. The lowest BCUT2D eigenvalue weighted by molar-refractivity contribution is 0.164. The molecule has 0 saturated carbocycles. The number of nitrogens with zero attached hydrogens (tertiary/aromatic N) is 2. The SMILES string of the molecule is C1=CCCC(C2=COC=C(CN3CCCC(Nc4ccc5[nH]ncc5c4)C3)O2)=C1. The summed E-state index contributed by atoms with van der Waals surface area (Å²) in [4.78, 5) is 2.44. The number of hydrogen-bond donors (Lipinski definition) is 2. The smallest absolute Gasteiger partial charge is 0.165 e. The Balaban J connectivity index is 1.18. The number of benzene rings is 1. The first-order valence-corrected chi connectivity index (χ1v) is 10.3. The number of anilines is 1. The molecule has 1 aliphatic carbocycles. The number of nitrogens with one attached hydrogen (secondary N) is 2. The molecule has 1 saturated heterocycles. The number of piperidine rings is 1. The zero-order valence-electron chi connectivity index (χ0n) is 16.4. The predicted molar refractivity (Wildman–Crippen MR) is 114 cm³/mol. The first-order chi connectivity index (χ1) is 14.3. The van der Waals surface area contributed by atoms with Gasteiger partial charge in [-0.2, -0.15) is 5.10 Å². The number of hydrogen-bond acceptors (Lipinski definition) is 5. The van der Waals surface area contributed by atoms with Gasteiger partial charge in [-0.1, -0.05) is 18.2 Å². The fourth-order valence-electron chi connectivity index (χ4n) is 4.19. The number of rotatable bonds is 5. The number of likely N-dealkylation sites (tertiary alicyclic amines) is 1. The Morgan fingerprint density at radius 3 is 3.21 bits per heavy atom. The molecule has 3 heterocycles. The van der Waals surface area contributed by atoms with Gasteiger partial charge >= 0.3 is 0 Å². The van der Waals surface area contributed by atoms with Gasteiger partial charge in [0.2, 0.25) is 0 Å². The molecule has 1 fully saturated rings. The molecule has 5 rings (SSSR count). The quantitative estimate of drug-likeness (QED) is 0.790. The molecular formula is C23H26N4O2. The monoisotopic (exact) mass is 390 g/mol. The van der Waals surface area contributed by atoms with Gasteiger partial charge in [0.05, 0.1) is 18.3 Å². The molecule has 0 spiro atoms. The second kappa shape index (κ2) is 8.17. The predicted octanol–water partition coefficient (Wildman–Crippen LogP) is 4.45. The van der Waals surface area contributed by atoms with Gasteiger partial charge in [0.25, 0.3) is 0 Å². The maximum Gasteiger partial charge on any atom is 0.165 e. The average molecular weight is 390 g/mol. The van der Waals surface area contributed by atoms with Crippen molar-refractivity contribution in [2.75, 3.05) is 25.0 Å². The Morgan fingerprint density at radius 2 is 2.28 bits per heavy atom. The fraction of sp³-hybridized carbons (Fsp3) is 0.348. The first-order valence-electron chi connectivity index (χ1n) is 10.3. The van der Waals surface area contributed by atoms with E-state index in [4.69, 9.17) is 9.47 Å². The lowest BCUT2D eigenvalue weighted by Gasteiger charge is -2.34. The van der Waals surface area contributed by atoms with E-state index in [1.807, 2.05) is 6.20 Å². The molecule has 6 heteroatoms. The van der Waals surface area contributed by atoms with Crippen LogP contribution in [0.25, 0.3) is 10.9 Å². The van der Waals surface area contributed by atoms with Gasteiger partial charge in [0, 0.05) is 23.7 Å². The number of fused-ring (bicyclic) bond motifs is 1. The summed E-state index contributed by atoms with van der Waals surface area (Å²) in [6.07, 6.45) is 16.1. The topological polar surface area (TPSA) is 62.4 Å². The van der Waals surface area contributed by atoms with Crippen LogP contribution in [0.2, 0.25) is 0 Å². The Morgan fingerprint density at radius 1 is 1.28 bits per heavy atom. The normalized spacial score (nSPS) is 22.3. The van der Waals surface area contributed by atoms with Crippen molar-refractivity contribution >= 4 is 16.6 Å². The van der Waals surface area contributed by atoms with E-state index in [1.54, 1.807) is 12.5 Å². The Bertz CT molecular complexity index is 1000. The van der Waals surface area contributed by atoms with Crippen LogP contribution in [0.4, 0.5) is 5.69 Å². The maximum absolute atomic E-state index is 6.14. The molecule has 2 N–H and O–H groups in total. The van der Waals surface area contributed by atoms with Crippen LogP contribution < -0.4 is 5.32 Å². The lowest BCUT2D eigenvalue weighted by Crippen LogP contribution is -2.43. The van der Waals surface area contributed by atoms with Crippen LogP contribution in [-0.4, -0.2) is 40.8 Å². The number of H-pyrrole nitrogens is 1. The molecule has 3 aliphatic rings. The third kappa shape index (κ3) is 4.22. The van der Waals surface area contributed by atoms with E-state index in [9.17, 15) is 0 Å². The second-order valence-corrected chi connectivity index (χ2v) is 7.85. The minimum Gasteiger partial charge on any atom is -0.465 e. The molecule has 1 aromatic heterocycles. The Hall–Kier alpha value is -2.99. The van der Waals surface area contributed by atoms with Crippen molar-refractivity contribution in [1.82, 2.24) is 15.1 Å². The standard InChI is InChI=1S/C23H26N4O2/c1-2-5-17(6-3-1)23-16-28-15-21(29-23)14-27-10-4-7-20(13-27)25-19-8-9-22-18(11-19)12-24-26-22/h1-2,5,8-9,11-12,15-16,20,25H,3-4,6-7,10,13-14H2,(H,24,26). The zero-order chi connectivity index (χ0) is 19.5. The van der Waals surface area contributed by atoms with Crippen molar-refractivity contribution in [3.63, 3.8) is 0 Å². The summed E-state index contributed by atoms with van der Waals surface area (Å²) in [5, 5.41) is 11.9.